The van der Waals surface area contributed by atoms with Crippen molar-refractivity contribution in [3.05, 3.63) is 48.0 Å². The molecule has 1 amide bonds. The van der Waals surface area contributed by atoms with Gasteiger partial charge in [-0.2, -0.15) is 0 Å². The average Bonchev–Trinajstić information content (AvgIpc) is 3.10. The number of nitrogens with one attached hydrogen (secondary N) is 1. The van der Waals surface area contributed by atoms with Crippen LogP contribution in [0.4, 0.5) is 20.2 Å². The third kappa shape index (κ3) is 3.95. The molecule has 0 radical (unpaired) electrons. The standard InChI is InChI=1S/C19H19F2N3O3/c20-13-1-3-16(15(21)9-13)24-7-5-23(6-8-24)11-19(25)22-14-2-4-17-18(10-14)27-12-26-17/h1-4,9-10H,5-8,11-12H2,(H,22,25). The van der Waals surface area contributed by atoms with Crippen LogP contribution in [0.2, 0.25) is 0 Å². The molecule has 4 rings (SSSR count). The Balaban J connectivity index is 1.29. The van der Waals surface area contributed by atoms with Crippen molar-refractivity contribution in [1.29, 1.82) is 0 Å². The number of ether oxygens (including phenoxy) is 2. The Bertz CT molecular complexity index is 854. The average molecular weight is 375 g/mol. The zero-order valence-corrected chi connectivity index (χ0v) is 14.6. The Hall–Kier alpha value is -2.87. The summed E-state index contributed by atoms with van der Waals surface area (Å²) in [5.74, 6) is -0.00533. The van der Waals surface area contributed by atoms with Gasteiger partial charge in [0.15, 0.2) is 11.5 Å². The van der Waals surface area contributed by atoms with Gasteiger partial charge in [0.2, 0.25) is 12.7 Å². The van der Waals surface area contributed by atoms with Crippen LogP contribution in [0.25, 0.3) is 0 Å². The summed E-state index contributed by atoms with van der Waals surface area (Å²) in [5, 5.41) is 2.85. The summed E-state index contributed by atoms with van der Waals surface area (Å²) in [4.78, 5) is 16.1. The summed E-state index contributed by atoms with van der Waals surface area (Å²) in [6, 6.07) is 8.85. The zero-order chi connectivity index (χ0) is 18.8. The second-order valence-electron chi connectivity index (χ2n) is 6.48. The van der Waals surface area contributed by atoms with Gasteiger partial charge in [-0.15, -0.1) is 0 Å². The third-order valence-corrected chi connectivity index (χ3v) is 4.65. The Morgan fingerprint density at radius 1 is 1.00 bits per heavy atom. The van der Waals surface area contributed by atoms with Crippen molar-refractivity contribution in [2.75, 3.05) is 49.7 Å². The molecule has 0 aromatic heterocycles. The second kappa shape index (κ2) is 7.40. The van der Waals surface area contributed by atoms with Crippen LogP contribution >= 0.6 is 0 Å². The molecule has 0 saturated carbocycles. The predicted octanol–water partition coefficient (Wildman–Crippen LogP) is 2.45. The Morgan fingerprint density at radius 2 is 1.78 bits per heavy atom. The van der Waals surface area contributed by atoms with Gasteiger partial charge in [0.1, 0.15) is 11.6 Å². The number of fused-ring (bicyclic) bond motifs is 1. The fraction of sp³-hybridized carbons (Fsp3) is 0.316. The number of nitrogens with zero attached hydrogens (tertiary/aromatic N) is 2. The molecule has 1 N–H and O–H groups in total. The number of anilines is 2. The molecule has 8 heteroatoms. The number of halogens is 2. The maximum absolute atomic E-state index is 13.9. The van der Waals surface area contributed by atoms with Crippen molar-refractivity contribution in [2.45, 2.75) is 0 Å². The summed E-state index contributed by atoms with van der Waals surface area (Å²) in [7, 11) is 0. The third-order valence-electron chi connectivity index (χ3n) is 4.65. The molecule has 0 spiro atoms. The largest absolute Gasteiger partial charge is 0.454 e. The van der Waals surface area contributed by atoms with Gasteiger partial charge in [0.05, 0.1) is 12.2 Å². The van der Waals surface area contributed by atoms with Crippen LogP contribution in [-0.4, -0.2) is 50.3 Å². The van der Waals surface area contributed by atoms with Crippen LogP contribution in [0.15, 0.2) is 36.4 Å². The Labute approximate surface area is 155 Å². The second-order valence-corrected chi connectivity index (χ2v) is 6.48. The lowest BCUT2D eigenvalue weighted by Crippen LogP contribution is -2.48. The highest BCUT2D eigenvalue weighted by Crippen LogP contribution is 2.34. The molecule has 2 aromatic rings. The first kappa shape index (κ1) is 17.5. The molecular weight excluding hydrogens is 356 g/mol. The van der Waals surface area contributed by atoms with Gasteiger partial charge in [-0.3, -0.25) is 9.69 Å². The first-order valence-electron chi connectivity index (χ1n) is 8.70. The fourth-order valence-corrected chi connectivity index (χ4v) is 3.26. The normalized spacial score (nSPS) is 16.4. The van der Waals surface area contributed by atoms with Crippen molar-refractivity contribution in [3.63, 3.8) is 0 Å². The molecule has 0 bridgehead atoms. The van der Waals surface area contributed by atoms with E-state index in [0.29, 0.717) is 49.1 Å². The Kier molecular flexibility index (Phi) is 4.81. The molecule has 2 heterocycles. The van der Waals surface area contributed by atoms with Crippen molar-refractivity contribution in [1.82, 2.24) is 4.90 Å². The number of carbonyl (C=O) groups is 1. The molecule has 0 unspecified atom stereocenters. The lowest BCUT2D eigenvalue weighted by Gasteiger charge is -2.35. The van der Waals surface area contributed by atoms with Crippen molar-refractivity contribution in [3.8, 4) is 11.5 Å². The van der Waals surface area contributed by atoms with Crippen LogP contribution < -0.4 is 19.7 Å². The van der Waals surface area contributed by atoms with Crippen molar-refractivity contribution >= 4 is 17.3 Å². The smallest absolute Gasteiger partial charge is 0.238 e. The number of piperazine rings is 1. The quantitative estimate of drug-likeness (QED) is 0.890. The summed E-state index contributed by atoms with van der Waals surface area (Å²) in [6.07, 6.45) is 0. The van der Waals surface area contributed by atoms with Crippen molar-refractivity contribution in [2.24, 2.45) is 0 Å². The van der Waals surface area contributed by atoms with E-state index in [1.807, 2.05) is 9.80 Å². The molecule has 2 aromatic carbocycles. The molecule has 2 aliphatic heterocycles. The SMILES string of the molecule is O=C(CN1CCN(c2ccc(F)cc2F)CC1)Nc1ccc2c(c1)OCO2. The molecular formula is C19H19F2N3O3. The lowest BCUT2D eigenvalue weighted by atomic mass is 10.2. The zero-order valence-electron chi connectivity index (χ0n) is 14.6. The maximum Gasteiger partial charge on any atom is 0.238 e. The number of rotatable bonds is 4. The van der Waals surface area contributed by atoms with E-state index in [1.165, 1.54) is 12.1 Å². The predicted molar refractivity (Wildman–Crippen MR) is 96.2 cm³/mol. The Morgan fingerprint density at radius 3 is 2.56 bits per heavy atom. The lowest BCUT2D eigenvalue weighted by molar-refractivity contribution is -0.117. The molecule has 6 nitrogen and oxygen atoms in total. The monoisotopic (exact) mass is 375 g/mol. The van der Waals surface area contributed by atoms with Gasteiger partial charge in [0, 0.05) is 44.0 Å². The van der Waals surface area contributed by atoms with Crippen LogP contribution in [0.5, 0.6) is 11.5 Å². The minimum atomic E-state index is -0.588. The molecule has 142 valence electrons. The van der Waals surface area contributed by atoms with Gasteiger partial charge in [-0.25, -0.2) is 8.78 Å². The van der Waals surface area contributed by atoms with E-state index in [0.717, 1.165) is 6.07 Å². The molecule has 1 fully saturated rings. The van der Waals surface area contributed by atoms with Gasteiger partial charge >= 0.3 is 0 Å². The summed E-state index contributed by atoms with van der Waals surface area (Å²) in [5.41, 5.74) is 1.04. The number of hydrogen-bond acceptors (Lipinski definition) is 5. The van der Waals surface area contributed by atoms with Crippen LogP contribution in [0.1, 0.15) is 0 Å². The number of hydrogen-bond donors (Lipinski definition) is 1. The first-order valence-corrected chi connectivity index (χ1v) is 8.70. The number of carbonyl (C=O) groups excluding carboxylic acids is 1. The minimum absolute atomic E-state index is 0.129. The van der Waals surface area contributed by atoms with E-state index in [2.05, 4.69) is 5.32 Å². The van der Waals surface area contributed by atoms with Gasteiger partial charge in [-0.1, -0.05) is 0 Å². The summed E-state index contributed by atoms with van der Waals surface area (Å²) >= 11 is 0. The van der Waals surface area contributed by atoms with E-state index in [4.69, 9.17) is 9.47 Å². The highest BCUT2D eigenvalue weighted by molar-refractivity contribution is 5.92. The number of amides is 1. The van der Waals surface area contributed by atoms with E-state index in [9.17, 15) is 13.6 Å². The van der Waals surface area contributed by atoms with Crippen LogP contribution in [0, 0.1) is 11.6 Å². The van der Waals surface area contributed by atoms with Crippen LogP contribution in [-0.2, 0) is 4.79 Å². The molecule has 27 heavy (non-hydrogen) atoms. The van der Waals surface area contributed by atoms with E-state index >= 15 is 0 Å². The number of benzene rings is 2. The highest BCUT2D eigenvalue weighted by Gasteiger charge is 2.22. The van der Waals surface area contributed by atoms with Crippen LogP contribution in [0.3, 0.4) is 0 Å². The van der Waals surface area contributed by atoms with Gasteiger partial charge in [-0.05, 0) is 24.3 Å². The summed E-state index contributed by atoms with van der Waals surface area (Å²) in [6.45, 7) is 2.80. The fourth-order valence-electron chi connectivity index (χ4n) is 3.26. The first-order chi connectivity index (χ1) is 13.1. The molecule has 1 saturated heterocycles. The molecule has 0 aliphatic carbocycles. The maximum atomic E-state index is 13.9. The highest BCUT2D eigenvalue weighted by atomic mass is 19.1. The molecule has 2 aliphatic rings. The van der Waals surface area contributed by atoms with Gasteiger partial charge < -0.3 is 19.7 Å². The topological polar surface area (TPSA) is 54.0 Å². The van der Waals surface area contributed by atoms with E-state index < -0.39 is 11.6 Å². The van der Waals surface area contributed by atoms with E-state index in [-0.39, 0.29) is 19.2 Å². The summed E-state index contributed by atoms with van der Waals surface area (Å²) < 4.78 is 37.5. The molecule has 0 atom stereocenters. The van der Waals surface area contributed by atoms with Gasteiger partial charge in [0.25, 0.3) is 0 Å². The minimum Gasteiger partial charge on any atom is -0.454 e. The van der Waals surface area contributed by atoms with Crippen molar-refractivity contribution < 1.29 is 23.0 Å². The van der Waals surface area contributed by atoms with E-state index in [1.54, 1.807) is 18.2 Å².